The number of nitrogens with zero attached hydrogens (tertiary/aromatic N) is 1. The normalized spacial score (nSPS) is 23.1. The Balaban J connectivity index is 1.63. The number of amides is 1. The molecule has 0 spiro atoms. The van der Waals surface area contributed by atoms with Gasteiger partial charge in [0, 0.05) is 25.2 Å². The molecule has 0 aromatic heterocycles. The molecule has 0 unspecified atom stereocenters. The SMILES string of the molecule is CC(C)(C)OCC(=O)NC1CCN(C2CC2)CC1. The third kappa shape index (κ3) is 4.58. The van der Waals surface area contributed by atoms with Crippen LogP contribution in [0.1, 0.15) is 46.5 Å². The summed E-state index contributed by atoms with van der Waals surface area (Å²) in [7, 11) is 0. The van der Waals surface area contributed by atoms with Crippen LogP contribution in [0.15, 0.2) is 0 Å². The Hall–Kier alpha value is -0.610. The second-order valence-electron chi connectivity index (χ2n) is 6.51. The van der Waals surface area contributed by atoms with Crippen molar-refractivity contribution in [3.8, 4) is 0 Å². The van der Waals surface area contributed by atoms with Crippen LogP contribution in [0.3, 0.4) is 0 Å². The Morgan fingerprint density at radius 2 is 1.83 bits per heavy atom. The Morgan fingerprint density at radius 3 is 2.33 bits per heavy atom. The van der Waals surface area contributed by atoms with Crippen molar-refractivity contribution in [2.75, 3.05) is 19.7 Å². The highest BCUT2D eigenvalue weighted by Gasteiger charge is 2.32. The van der Waals surface area contributed by atoms with E-state index in [-0.39, 0.29) is 18.1 Å². The van der Waals surface area contributed by atoms with Gasteiger partial charge in [0.05, 0.1) is 5.60 Å². The van der Waals surface area contributed by atoms with Crippen LogP contribution in [0.5, 0.6) is 0 Å². The van der Waals surface area contributed by atoms with E-state index in [0.717, 1.165) is 32.0 Å². The van der Waals surface area contributed by atoms with Gasteiger partial charge in [-0.3, -0.25) is 4.79 Å². The number of nitrogens with one attached hydrogen (secondary N) is 1. The highest BCUT2D eigenvalue weighted by molar-refractivity contribution is 5.77. The van der Waals surface area contributed by atoms with E-state index >= 15 is 0 Å². The zero-order valence-corrected chi connectivity index (χ0v) is 11.9. The zero-order valence-electron chi connectivity index (χ0n) is 11.9. The second-order valence-corrected chi connectivity index (χ2v) is 6.51. The van der Waals surface area contributed by atoms with Crippen LogP contribution in [0.25, 0.3) is 0 Å². The lowest BCUT2D eigenvalue weighted by Gasteiger charge is -2.32. The Labute approximate surface area is 110 Å². The third-order valence-electron chi connectivity index (χ3n) is 3.59. The molecule has 4 heteroatoms. The van der Waals surface area contributed by atoms with Gasteiger partial charge in [0.1, 0.15) is 6.61 Å². The lowest BCUT2D eigenvalue weighted by atomic mass is 10.0. The molecule has 1 aliphatic heterocycles. The first kappa shape index (κ1) is 13.8. The molecule has 1 N–H and O–H groups in total. The van der Waals surface area contributed by atoms with Gasteiger partial charge in [0.15, 0.2) is 0 Å². The summed E-state index contributed by atoms with van der Waals surface area (Å²) >= 11 is 0. The maximum Gasteiger partial charge on any atom is 0.246 e. The first-order valence-corrected chi connectivity index (χ1v) is 7.11. The molecule has 2 rings (SSSR count). The van der Waals surface area contributed by atoms with Gasteiger partial charge in [-0.05, 0) is 46.5 Å². The summed E-state index contributed by atoms with van der Waals surface area (Å²) in [5.74, 6) is 0.0230. The molecule has 2 fully saturated rings. The van der Waals surface area contributed by atoms with Gasteiger partial charge < -0.3 is 15.0 Å². The van der Waals surface area contributed by atoms with Gasteiger partial charge in [0.2, 0.25) is 5.91 Å². The minimum atomic E-state index is -0.243. The predicted octanol–water partition coefficient (Wildman–Crippen LogP) is 1.54. The summed E-state index contributed by atoms with van der Waals surface area (Å²) in [6.45, 7) is 8.34. The van der Waals surface area contributed by atoms with Gasteiger partial charge in [-0.25, -0.2) is 0 Å². The van der Waals surface area contributed by atoms with E-state index in [2.05, 4.69) is 10.2 Å². The lowest BCUT2D eigenvalue weighted by molar-refractivity contribution is -0.131. The third-order valence-corrected chi connectivity index (χ3v) is 3.59. The van der Waals surface area contributed by atoms with Gasteiger partial charge in [-0.2, -0.15) is 0 Å². The first-order valence-electron chi connectivity index (χ1n) is 7.11. The van der Waals surface area contributed by atoms with Crippen molar-refractivity contribution in [1.82, 2.24) is 10.2 Å². The maximum absolute atomic E-state index is 11.7. The van der Waals surface area contributed by atoms with E-state index in [9.17, 15) is 4.79 Å². The Morgan fingerprint density at radius 1 is 1.22 bits per heavy atom. The second kappa shape index (κ2) is 5.57. The van der Waals surface area contributed by atoms with E-state index in [0.29, 0.717) is 6.04 Å². The molecule has 1 aliphatic carbocycles. The highest BCUT2D eigenvalue weighted by atomic mass is 16.5. The quantitative estimate of drug-likeness (QED) is 0.827. The smallest absolute Gasteiger partial charge is 0.246 e. The number of hydrogen-bond acceptors (Lipinski definition) is 3. The molecule has 1 saturated heterocycles. The van der Waals surface area contributed by atoms with Crippen molar-refractivity contribution >= 4 is 5.91 Å². The fourth-order valence-corrected chi connectivity index (χ4v) is 2.40. The molecule has 18 heavy (non-hydrogen) atoms. The molecule has 104 valence electrons. The van der Waals surface area contributed by atoms with Crippen LogP contribution in [0, 0.1) is 0 Å². The average molecular weight is 254 g/mol. The zero-order chi connectivity index (χ0) is 13.2. The first-order chi connectivity index (χ1) is 8.44. The van der Waals surface area contributed by atoms with Gasteiger partial charge in [-0.1, -0.05) is 0 Å². The van der Waals surface area contributed by atoms with Crippen LogP contribution in [0.2, 0.25) is 0 Å². The maximum atomic E-state index is 11.7. The summed E-state index contributed by atoms with van der Waals surface area (Å²) in [5, 5.41) is 3.08. The van der Waals surface area contributed by atoms with Crippen molar-refractivity contribution in [3.63, 3.8) is 0 Å². The van der Waals surface area contributed by atoms with E-state index in [1.165, 1.54) is 12.8 Å². The number of rotatable bonds is 4. The highest BCUT2D eigenvalue weighted by Crippen LogP contribution is 2.29. The number of piperidine rings is 1. The summed E-state index contributed by atoms with van der Waals surface area (Å²) in [4.78, 5) is 14.3. The molecule has 2 aliphatic rings. The number of ether oxygens (including phenoxy) is 1. The minimum Gasteiger partial charge on any atom is -0.366 e. The summed E-state index contributed by atoms with van der Waals surface area (Å²) in [5.41, 5.74) is -0.243. The van der Waals surface area contributed by atoms with Gasteiger partial charge in [0.25, 0.3) is 0 Å². The summed E-state index contributed by atoms with van der Waals surface area (Å²) < 4.78 is 5.48. The molecule has 4 nitrogen and oxygen atoms in total. The molecule has 0 aromatic carbocycles. The molecule has 1 saturated carbocycles. The molecule has 1 heterocycles. The fourth-order valence-electron chi connectivity index (χ4n) is 2.40. The van der Waals surface area contributed by atoms with Crippen LogP contribution in [0.4, 0.5) is 0 Å². The van der Waals surface area contributed by atoms with E-state index in [4.69, 9.17) is 4.74 Å². The predicted molar refractivity (Wildman–Crippen MR) is 71.5 cm³/mol. The minimum absolute atomic E-state index is 0.0230. The molecule has 0 aromatic rings. The number of carbonyl (C=O) groups excluding carboxylic acids is 1. The van der Waals surface area contributed by atoms with Crippen LogP contribution in [-0.4, -0.2) is 48.2 Å². The standard InChI is InChI=1S/C14H26N2O2/c1-14(2,3)18-10-13(17)15-11-6-8-16(9-7-11)12-4-5-12/h11-12H,4-10H2,1-3H3,(H,15,17). The van der Waals surface area contributed by atoms with Crippen molar-refractivity contribution in [3.05, 3.63) is 0 Å². The lowest BCUT2D eigenvalue weighted by Crippen LogP contribution is -2.46. The number of likely N-dealkylation sites (tertiary alicyclic amines) is 1. The molecule has 0 atom stereocenters. The monoisotopic (exact) mass is 254 g/mol. The van der Waals surface area contributed by atoms with Gasteiger partial charge in [-0.15, -0.1) is 0 Å². The number of hydrogen-bond donors (Lipinski definition) is 1. The van der Waals surface area contributed by atoms with Crippen LogP contribution >= 0.6 is 0 Å². The van der Waals surface area contributed by atoms with Crippen molar-refractivity contribution in [2.24, 2.45) is 0 Å². The molecule has 1 amide bonds. The van der Waals surface area contributed by atoms with Crippen molar-refractivity contribution in [2.45, 2.75) is 64.1 Å². The summed E-state index contributed by atoms with van der Waals surface area (Å²) in [6.07, 6.45) is 4.91. The van der Waals surface area contributed by atoms with Crippen molar-refractivity contribution < 1.29 is 9.53 Å². The van der Waals surface area contributed by atoms with Gasteiger partial charge >= 0.3 is 0 Å². The van der Waals surface area contributed by atoms with Crippen LogP contribution < -0.4 is 5.32 Å². The Bertz CT molecular complexity index is 287. The average Bonchev–Trinajstić information content (AvgIpc) is 3.10. The van der Waals surface area contributed by atoms with E-state index < -0.39 is 0 Å². The molecular formula is C14H26N2O2. The topological polar surface area (TPSA) is 41.6 Å². The molecule has 0 bridgehead atoms. The Kier molecular flexibility index (Phi) is 4.28. The largest absolute Gasteiger partial charge is 0.366 e. The van der Waals surface area contributed by atoms with Crippen LogP contribution in [-0.2, 0) is 9.53 Å². The number of carbonyl (C=O) groups is 1. The van der Waals surface area contributed by atoms with E-state index in [1.807, 2.05) is 20.8 Å². The molecular weight excluding hydrogens is 228 g/mol. The molecule has 0 radical (unpaired) electrons. The van der Waals surface area contributed by atoms with E-state index in [1.54, 1.807) is 0 Å². The van der Waals surface area contributed by atoms with Crippen molar-refractivity contribution in [1.29, 1.82) is 0 Å². The summed E-state index contributed by atoms with van der Waals surface area (Å²) in [6, 6.07) is 1.20. The fraction of sp³-hybridized carbons (Fsp3) is 0.929.